The van der Waals surface area contributed by atoms with Crippen LogP contribution in [0.4, 0.5) is 0 Å². The van der Waals surface area contributed by atoms with E-state index in [1.54, 1.807) is 0 Å². The largest absolute Gasteiger partial charge is 0.508 e. The lowest BCUT2D eigenvalue weighted by atomic mass is 9.99. The average Bonchev–Trinajstić information content (AvgIpc) is 2.19. The third-order valence-corrected chi connectivity index (χ3v) is 2.43. The monoisotopic (exact) mass is 230 g/mol. The number of benzene rings is 1. The molecule has 0 aromatic heterocycles. The Morgan fingerprint density at radius 1 is 1.53 bits per heavy atom. The zero-order valence-corrected chi connectivity index (χ0v) is 9.08. The quantitative estimate of drug-likeness (QED) is 0.836. The molecule has 0 saturated carbocycles. The molecule has 5 heteroatoms. The molecule has 0 amide bonds. The topological polar surface area (TPSA) is 66.8 Å². The highest BCUT2D eigenvalue weighted by Gasteiger charge is 2.23. The van der Waals surface area contributed by atoms with E-state index in [-0.39, 0.29) is 22.1 Å². The van der Waals surface area contributed by atoms with Gasteiger partial charge in [-0.05, 0) is 19.1 Å². The number of phenolic OH excluding ortho intramolecular Hbond substituents is 1. The summed E-state index contributed by atoms with van der Waals surface area (Å²) >= 11 is 5.82. The Bertz CT molecular complexity index is 389. The Morgan fingerprint density at radius 2 is 2.13 bits per heavy atom. The van der Waals surface area contributed by atoms with Crippen molar-refractivity contribution in [1.82, 2.24) is 0 Å². The van der Waals surface area contributed by atoms with Gasteiger partial charge < -0.3 is 14.9 Å². The average molecular weight is 231 g/mol. The number of carboxylic acids is 1. The molecule has 2 N–H and O–H groups in total. The second-order valence-electron chi connectivity index (χ2n) is 3.07. The third kappa shape index (κ3) is 2.15. The minimum Gasteiger partial charge on any atom is -0.508 e. The number of carbonyl (C=O) groups is 1. The molecule has 0 fully saturated rings. The van der Waals surface area contributed by atoms with Crippen LogP contribution in [0, 0.1) is 0 Å². The maximum atomic E-state index is 10.8. The highest BCUT2D eigenvalue weighted by Crippen LogP contribution is 2.39. The van der Waals surface area contributed by atoms with Crippen molar-refractivity contribution in [1.29, 1.82) is 0 Å². The predicted molar refractivity (Wildman–Crippen MR) is 55.7 cm³/mol. The molecular formula is C10H11ClO4. The summed E-state index contributed by atoms with van der Waals surface area (Å²) in [5, 5.41) is 18.7. The number of methoxy groups -OCH3 is 1. The molecule has 0 aliphatic rings. The molecule has 4 nitrogen and oxygen atoms in total. The van der Waals surface area contributed by atoms with E-state index in [0.717, 1.165) is 0 Å². The second-order valence-corrected chi connectivity index (χ2v) is 3.48. The van der Waals surface area contributed by atoms with Crippen LogP contribution in [0.5, 0.6) is 11.5 Å². The zero-order chi connectivity index (χ0) is 11.6. The van der Waals surface area contributed by atoms with Crippen molar-refractivity contribution in [3.8, 4) is 11.5 Å². The first-order valence-electron chi connectivity index (χ1n) is 4.27. The molecule has 1 aromatic rings. The van der Waals surface area contributed by atoms with Crippen molar-refractivity contribution < 1.29 is 19.7 Å². The van der Waals surface area contributed by atoms with Gasteiger partial charge in [-0.3, -0.25) is 4.79 Å². The molecule has 82 valence electrons. The number of hydrogen-bond acceptors (Lipinski definition) is 3. The molecule has 1 atom stereocenters. The SMILES string of the molecule is COc1c(Cl)ccc(O)c1C(C)C(=O)O. The van der Waals surface area contributed by atoms with E-state index in [1.165, 1.54) is 26.2 Å². The van der Waals surface area contributed by atoms with Crippen molar-refractivity contribution in [2.75, 3.05) is 7.11 Å². The lowest BCUT2D eigenvalue weighted by Crippen LogP contribution is -2.09. The molecule has 0 saturated heterocycles. The van der Waals surface area contributed by atoms with Gasteiger partial charge in [-0.1, -0.05) is 11.6 Å². The summed E-state index contributed by atoms with van der Waals surface area (Å²) in [6.45, 7) is 1.45. The first-order chi connectivity index (χ1) is 6.99. The Morgan fingerprint density at radius 3 is 2.60 bits per heavy atom. The Labute approximate surface area is 92.1 Å². The smallest absolute Gasteiger partial charge is 0.310 e. The molecule has 0 aliphatic carbocycles. The van der Waals surface area contributed by atoms with Gasteiger partial charge in [-0.25, -0.2) is 0 Å². The maximum Gasteiger partial charge on any atom is 0.310 e. The summed E-state index contributed by atoms with van der Waals surface area (Å²) in [7, 11) is 1.37. The van der Waals surface area contributed by atoms with Gasteiger partial charge in [0.05, 0.1) is 23.6 Å². The standard InChI is InChI=1S/C10H11ClO4/c1-5(10(13)14)8-7(12)4-3-6(11)9(8)15-2/h3-5,12H,1-2H3,(H,13,14). The minimum atomic E-state index is -1.05. The Balaban J connectivity index is 3.37. The van der Waals surface area contributed by atoms with Crippen LogP contribution in [0.15, 0.2) is 12.1 Å². The van der Waals surface area contributed by atoms with E-state index in [0.29, 0.717) is 0 Å². The number of phenols is 1. The van der Waals surface area contributed by atoms with Crippen LogP contribution in [0.25, 0.3) is 0 Å². The maximum absolute atomic E-state index is 10.8. The van der Waals surface area contributed by atoms with E-state index in [1.807, 2.05) is 0 Å². The van der Waals surface area contributed by atoms with Gasteiger partial charge in [0.15, 0.2) is 0 Å². The third-order valence-electron chi connectivity index (χ3n) is 2.13. The van der Waals surface area contributed by atoms with Crippen LogP contribution in [0.3, 0.4) is 0 Å². The summed E-state index contributed by atoms with van der Waals surface area (Å²) in [6, 6.07) is 2.80. The first-order valence-corrected chi connectivity index (χ1v) is 4.65. The van der Waals surface area contributed by atoms with E-state index in [2.05, 4.69) is 0 Å². The van der Waals surface area contributed by atoms with Crippen molar-refractivity contribution in [2.24, 2.45) is 0 Å². The van der Waals surface area contributed by atoms with Gasteiger partial charge in [0.2, 0.25) is 0 Å². The van der Waals surface area contributed by atoms with Crippen LogP contribution in [-0.4, -0.2) is 23.3 Å². The molecule has 0 heterocycles. The van der Waals surface area contributed by atoms with Crippen molar-refractivity contribution in [3.05, 3.63) is 22.7 Å². The van der Waals surface area contributed by atoms with E-state index < -0.39 is 11.9 Å². The summed E-state index contributed by atoms with van der Waals surface area (Å²) in [5.41, 5.74) is 0.192. The molecule has 0 bridgehead atoms. The second kappa shape index (κ2) is 4.40. The van der Waals surface area contributed by atoms with Crippen LogP contribution in [0.2, 0.25) is 5.02 Å². The van der Waals surface area contributed by atoms with Crippen LogP contribution in [-0.2, 0) is 4.79 Å². The fourth-order valence-corrected chi connectivity index (χ4v) is 1.55. The first kappa shape index (κ1) is 11.7. The minimum absolute atomic E-state index is 0.133. The number of hydrogen-bond donors (Lipinski definition) is 2. The molecule has 1 rings (SSSR count). The summed E-state index contributed by atoms with van der Waals surface area (Å²) in [6.07, 6.45) is 0. The number of rotatable bonds is 3. The van der Waals surface area contributed by atoms with E-state index in [4.69, 9.17) is 21.4 Å². The Kier molecular flexibility index (Phi) is 3.42. The molecular weight excluding hydrogens is 220 g/mol. The molecule has 1 aromatic carbocycles. The van der Waals surface area contributed by atoms with Gasteiger partial charge in [0.25, 0.3) is 0 Å². The summed E-state index contributed by atoms with van der Waals surface area (Å²) < 4.78 is 4.97. The number of carboxylic acid groups (broad SMARTS) is 1. The molecule has 15 heavy (non-hydrogen) atoms. The summed E-state index contributed by atoms with van der Waals surface area (Å²) in [5.74, 6) is -1.86. The molecule has 0 spiro atoms. The van der Waals surface area contributed by atoms with Crippen LogP contribution >= 0.6 is 11.6 Å². The van der Waals surface area contributed by atoms with Crippen LogP contribution in [0.1, 0.15) is 18.4 Å². The highest BCUT2D eigenvalue weighted by atomic mass is 35.5. The molecule has 1 unspecified atom stereocenters. The van der Waals surface area contributed by atoms with Crippen molar-refractivity contribution >= 4 is 17.6 Å². The van der Waals surface area contributed by atoms with Crippen molar-refractivity contribution in [2.45, 2.75) is 12.8 Å². The number of halogens is 1. The number of aliphatic carboxylic acids is 1. The molecule has 0 radical (unpaired) electrons. The fourth-order valence-electron chi connectivity index (χ4n) is 1.31. The van der Waals surface area contributed by atoms with Crippen LogP contribution < -0.4 is 4.74 Å². The predicted octanol–water partition coefficient (Wildman–Crippen LogP) is 2.24. The van der Waals surface area contributed by atoms with Gasteiger partial charge in [0.1, 0.15) is 11.5 Å². The van der Waals surface area contributed by atoms with Gasteiger partial charge in [-0.2, -0.15) is 0 Å². The molecule has 0 aliphatic heterocycles. The van der Waals surface area contributed by atoms with Gasteiger partial charge in [0, 0.05) is 0 Å². The van der Waals surface area contributed by atoms with Gasteiger partial charge in [-0.15, -0.1) is 0 Å². The number of aromatic hydroxyl groups is 1. The fraction of sp³-hybridized carbons (Fsp3) is 0.300. The van der Waals surface area contributed by atoms with E-state index >= 15 is 0 Å². The lowest BCUT2D eigenvalue weighted by molar-refractivity contribution is -0.138. The highest BCUT2D eigenvalue weighted by molar-refractivity contribution is 6.32. The summed E-state index contributed by atoms with van der Waals surface area (Å²) in [4.78, 5) is 10.8. The normalized spacial score (nSPS) is 12.2. The zero-order valence-electron chi connectivity index (χ0n) is 8.32. The lowest BCUT2D eigenvalue weighted by Gasteiger charge is -2.14. The van der Waals surface area contributed by atoms with Crippen molar-refractivity contribution in [3.63, 3.8) is 0 Å². The number of ether oxygens (including phenoxy) is 1. The van der Waals surface area contributed by atoms with E-state index in [9.17, 15) is 9.90 Å². The Hall–Kier alpha value is -1.42. The van der Waals surface area contributed by atoms with Gasteiger partial charge >= 0.3 is 5.97 Å².